The molecule has 3 aromatic rings. The Kier molecular flexibility index (Phi) is 2.79. The van der Waals surface area contributed by atoms with Gasteiger partial charge in [-0.3, -0.25) is 0 Å². The van der Waals surface area contributed by atoms with Gasteiger partial charge in [0.25, 0.3) is 0 Å². The van der Waals surface area contributed by atoms with E-state index in [1.807, 2.05) is 6.07 Å². The number of rotatable bonds is 1. The first-order chi connectivity index (χ1) is 10.2. The average Bonchev–Trinajstić information content (AvgIpc) is 2.88. The summed E-state index contributed by atoms with van der Waals surface area (Å²) in [5.74, 6) is -0.549. The van der Waals surface area contributed by atoms with Crippen LogP contribution < -0.4 is 5.32 Å². The van der Waals surface area contributed by atoms with Gasteiger partial charge in [-0.25, -0.2) is 8.78 Å². The quantitative estimate of drug-likeness (QED) is 0.699. The molecule has 4 rings (SSSR count). The van der Waals surface area contributed by atoms with Gasteiger partial charge in [-0.15, -0.1) is 0 Å². The normalized spacial score (nSPS) is 14.4. The summed E-state index contributed by atoms with van der Waals surface area (Å²) in [6.45, 7) is 1.60. The van der Waals surface area contributed by atoms with Gasteiger partial charge in [0.05, 0.1) is 5.52 Å². The number of hydrogen-bond donors (Lipinski definition) is 2. The highest BCUT2D eigenvalue weighted by Crippen LogP contribution is 2.35. The largest absolute Gasteiger partial charge is 0.356 e. The smallest absolute Gasteiger partial charge is 0.147 e. The zero-order valence-electron chi connectivity index (χ0n) is 11.3. The summed E-state index contributed by atoms with van der Waals surface area (Å²) in [5, 5.41) is 4.18. The first-order valence-electron chi connectivity index (χ1n) is 7.02. The van der Waals surface area contributed by atoms with Gasteiger partial charge in [-0.2, -0.15) is 0 Å². The summed E-state index contributed by atoms with van der Waals surface area (Å²) >= 11 is 0. The van der Waals surface area contributed by atoms with Gasteiger partial charge in [-0.1, -0.05) is 18.2 Å². The fourth-order valence-electron chi connectivity index (χ4n) is 3.12. The number of aromatic nitrogens is 1. The summed E-state index contributed by atoms with van der Waals surface area (Å²) in [7, 11) is 0. The molecule has 1 aromatic heterocycles. The van der Waals surface area contributed by atoms with Crippen LogP contribution in [0.15, 0.2) is 36.4 Å². The van der Waals surface area contributed by atoms with Crippen molar-refractivity contribution in [2.45, 2.75) is 13.0 Å². The molecule has 2 aromatic carbocycles. The van der Waals surface area contributed by atoms with Crippen molar-refractivity contribution in [3.05, 3.63) is 59.3 Å². The fraction of sp³-hybridized carbons (Fsp3) is 0.176. The van der Waals surface area contributed by atoms with E-state index in [0.29, 0.717) is 12.1 Å². The van der Waals surface area contributed by atoms with E-state index >= 15 is 0 Å². The van der Waals surface area contributed by atoms with Gasteiger partial charge < -0.3 is 10.3 Å². The topological polar surface area (TPSA) is 27.8 Å². The van der Waals surface area contributed by atoms with Crippen LogP contribution in [-0.2, 0) is 13.0 Å². The maximum atomic E-state index is 14.1. The summed E-state index contributed by atoms with van der Waals surface area (Å²) < 4.78 is 27.6. The molecule has 2 nitrogen and oxygen atoms in total. The van der Waals surface area contributed by atoms with Gasteiger partial charge in [0.1, 0.15) is 11.6 Å². The second-order valence-electron chi connectivity index (χ2n) is 5.36. The van der Waals surface area contributed by atoms with E-state index in [4.69, 9.17) is 0 Å². The predicted octanol–water partition coefficient (Wildman–Crippen LogP) is 3.76. The number of fused-ring (bicyclic) bond motifs is 3. The zero-order valence-corrected chi connectivity index (χ0v) is 11.3. The minimum atomic E-state index is -0.285. The van der Waals surface area contributed by atoms with E-state index in [1.54, 1.807) is 12.1 Å². The minimum absolute atomic E-state index is 0.264. The Morgan fingerprint density at radius 2 is 1.95 bits per heavy atom. The summed E-state index contributed by atoms with van der Waals surface area (Å²) in [4.78, 5) is 3.20. The molecule has 2 heterocycles. The number of H-pyrrole nitrogens is 1. The lowest BCUT2D eigenvalue weighted by atomic mass is 9.96. The van der Waals surface area contributed by atoms with Crippen LogP contribution in [0.1, 0.15) is 11.3 Å². The lowest BCUT2D eigenvalue weighted by Crippen LogP contribution is -2.22. The molecule has 0 radical (unpaired) electrons. The molecule has 1 aliphatic rings. The predicted molar refractivity (Wildman–Crippen MR) is 79.1 cm³/mol. The molecule has 0 saturated heterocycles. The average molecular weight is 284 g/mol. The number of halogens is 2. The third kappa shape index (κ3) is 1.94. The maximum absolute atomic E-state index is 14.1. The van der Waals surface area contributed by atoms with Crippen LogP contribution in [0, 0.1) is 11.6 Å². The number of aromatic amines is 1. The molecule has 0 amide bonds. The molecular weight excluding hydrogens is 270 g/mol. The van der Waals surface area contributed by atoms with Crippen molar-refractivity contribution in [2.75, 3.05) is 6.54 Å². The van der Waals surface area contributed by atoms with Gasteiger partial charge in [0.15, 0.2) is 0 Å². The minimum Gasteiger partial charge on any atom is -0.356 e. The summed E-state index contributed by atoms with van der Waals surface area (Å²) in [6.07, 6.45) is 0.853. The number of benzene rings is 2. The van der Waals surface area contributed by atoms with Crippen LogP contribution in [-0.4, -0.2) is 11.5 Å². The molecule has 4 heteroatoms. The lowest BCUT2D eigenvalue weighted by Gasteiger charge is -2.14. The van der Waals surface area contributed by atoms with Crippen molar-refractivity contribution in [1.29, 1.82) is 0 Å². The van der Waals surface area contributed by atoms with Crippen molar-refractivity contribution in [3.8, 4) is 11.1 Å². The summed E-state index contributed by atoms with van der Waals surface area (Å²) in [5.41, 5.74) is 4.33. The van der Waals surface area contributed by atoms with Crippen molar-refractivity contribution in [2.24, 2.45) is 0 Å². The maximum Gasteiger partial charge on any atom is 0.147 e. The first-order valence-corrected chi connectivity index (χ1v) is 7.02. The Morgan fingerprint density at radius 3 is 2.81 bits per heavy atom. The second-order valence-corrected chi connectivity index (χ2v) is 5.36. The Bertz CT molecular complexity index is 836. The van der Waals surface area contributed by atoms with E-state index in [9.17, 15) is 8.78 Å². The highest BCUT2D eigenvalue weighted by atomic mass is 19.1. The standard InChI is InChI=1S/C17H14F2N2/c18-11-3-1-2-10(8-11)12-4-5-14(19)17-16(12)13-9-20-7-6-15(13)21-17/h1-5,8,20-21H,6-7,9H2. The third-order valence-electron chi connectivity index (χ3n) is 4.09. The van der Waals surface area contributed by atoms with Gasteiger partial charge in [-0.05, 0) is 34.9 Å². The van der Waals surface area contributed by atoms with Crippen LogP contribution in [0.25, 0.3) is 22.0 Å². The van der Waals surface area contributed by atoms with Gasteiger partial charge in [0.2, 0.25) is 0 Å². The second kappa shape index (κ2) is 4.67. The van der Waals surface area contributed by atoms with Crippen molar-refractivity contribution in [1.82, 2.24) is 10.3 Å². The molecule has 2 N–H and O–H groups in total. The van der Waals surface area contributed by atoms with Crippen LogP contribution >= 0.6 is 0 Å². The van der Waals surface area contributed by atoms with Crippen LogP contribution in [0.5, 0.6) is 0 Å². The number of nitrogens with one attached hydrogen (secondary N) is 2. The zero-order chi connectivity index (χ0) is 14.4. The molecule has 106 valence electrons. The van der Waals surface area contributed by atoms with Crippen molar-refractivity contribution < 1.29 is 8.78 Å². The van der Waals surface area contributed by atoms with Crippen LogP contribution in [0.3, 0.4) is 0 Å². The van der Waals surface area contributed by atoms with Crippen molar-refractivity contribution >= 4 is 10.9 Å². The molecule has 0 bridgehead atoms. The Morgan fingerprint density at radius 1 is 1.05 bits per heavy atom. The number of hydrogen-bond acceptors (Lipinski definition) is 1. The highest BCUT2D eigenvalue weighted by molar-refractivity contribution is 5.99. The molecule has 0 spiro atoms. The van der Waals surface area contributed by atoms with E-state index in [2.05, 4.69) is 10.3 Å². The summed E-state index contributed by atoms with van der Waals surface area (Å²) in [6, 6.07) is 9.61. The molecule has 0 aliphatic carbocycles. The van der Waals surface area contributed by atoms with E-state index < -0.39 is 0 Å². The molecule has 0 fully saturated rings. The molecule has 0 unspecified atom stereocenters. The van der Waals surface area contributed by atoms with E-state index in [1.165, 1.54) is 18.2 Å². The Balaban J connectivity index is 2.05. The van der Waals surface area contributed by atoms with Gasteiger partial charge >= 0.3 is 0 Å². The SMILES string of the molecule is Fc1cccc(-c2ccc(F)c3[nH]c4c(c23)CNCC4)c1. The first kappa shape index (κ1) is 12.5. The van der Waals surface area contributed by atoms with Crippen LogP contribution in [0.2, 0.25) is 0 Å². The van der Waals surface area contributed by atoms with E-state index in [0.717, 1.165) is 40.7 Å². The lowest BCUT2D eigenvalue weighted by molar-refractivity contribution is 0.628. The molecular formula is C17H14F2N2. The van der Waals surface area contributed by atoms with Crippen LogP contribution in [0.4, 0.5) is 8.78 Å². The van der Waals surface area contributed by atoms with E-state index in [-0.39, 0.29) is 11.6 Å². The Hall–Kier alpha value is -2.20. The molecule has 21 heavy (non-hydrogen) atoms. The molecule has 0 saturated carbocycles. The van der Waals surface area contributed by atoms with Gasteiger partial charge in [0, 0.05) is 30.6 Å². The molecule has 1 aliphatic heterocycles. The highest BCUT2D eigenvalue weighted by Gasteiger charge is 2.20. The fourth-order valence-corrected chi connectivity index (χ4v) is 3.12. The van der Waals surface area contributed by atoms with Crippen molar-refractivity contribution in [3.63, 3.8) is 0 Å². The molecule has 0 atom stereocenters. The monoisotopic (exact) mass is 284 g/mol. The third-order valence-corrected chi connectivity index (χ3v) is 4.09. The Labute approximate surface area is 120 Å².